The van der Waals surface area contributed by atoms with E-state index in [0.29, 0.717) is 50.9 Å². The standard InChI is InChI=1S/C29H24ClN3O6/c1-3-36-25-13-18(9-11-24(25)38-17-27(34)37-4-2)16-31-33-28(32-22-8-6-5-7-21(22)29(33)35)26-15-19-14-20(30)10-12-23(19)39-26/h5-16H,3-4,17H2,1-2H3. The summed E-state index contributed by atoms with van der Waals surface area (Å²) in [5, 5.41) is 6.23. The maximum Gasteiger partial charge on any atom is 0.344 e. The predicted molar refractivity (Wildman–Crippen MR) is 149 cm³/mol. The summed E-state index contributed by atoms with van der Waals surface area (Å²) < 4.78 is 23.4. The van der Waals surface area contributed by atoms with Crippen LogP contribution in [-0.2, 0) is 9.53 Å². The molecule has 0 radical (unpaired) electrons. The molecule has 10 heteroatoms. The maximum absolute atomic E-state index is 13.5. The van der Waals surface area contributed by atoms with Gasteiger partial charge in [0.2, 0.25) is 5.82 Å². The molecule has 0 aliphatic heterocycles. The number of furan rings is 1. The number of para-hydroxylation sites is 1. The fraction of sp³-hybridized carbons (Fsp3) is 0.172. The average Bonchev–Trinajstić information content (AvgIpc) is 3.35. The zero-order valence-corrected chi connectivity index (χ0v) is 22.0. The first-order chi connectivity index (χ1) is 19.0. The summed E-state index contributed by atoms with van der Waals surface area (Å²) in [6, 6.07) is 19.2. The van der Waals surface area contributed by atoms with Crippen molar-refractivity contribution in [3.8, 4) is 23.1 Å². The summed E-state index contributed by atoms with van der Waals surface area (Å²) in [4.78, 5) is 29.9. The van der Waals surface area contributed by atoms with Crippen LogP contribution >= 0.6 is 11.6 Å². The first kappa shape index (κ1) is 26.0. The van der Waals surface area contributed by atoms with Gasteiger partial charge in [0.25, 0.3) is 5.56 Å². The third-order valence-electron chi connectivity index (χ3n) is 5.69. The van der Waals surface area contributed by atoms with Crippen LogP contribution in [0.2, 0.25) is 5.02 Å². The number of ether oxygens (including phenoxy) is 3. The number of nitrogens with zero attached hydrogens (tertiary/aromatic N) is 3. The lowest BCUT2D eigenvalue weighted by Crippen LogP contribution is -2.20. The van der Waals surface area contributed by atoms with E-state index in [1.807, 2.05) is 13.0 Å². The number of hydrogen-bond acceptors (Lipinski definition) is 8. The first-order valence-electron chi connectivity index (χ1n) is 12.3. The Balaban J connectivity index is 1.55. The Morgan fingerprint density at radius 1 is 1.03 bits per heavy atom. The van der Waals surface area contributed by atoms with E-state index < -0.39 is 5.97 Å². The van der Waals surface area contributed by atoms with Crippen LogP contribution in [0.15, 0.2) is 81.0 Å². The van der Waals surface area contributed by atoms with Gasteiger partial charge in [0, 0.05) is 10.4 Å². The predicted octanol–water partition coefficient (Wildman–Crippen LogP) is 5.69. The van der Waals surface area contributed by atoms with Crippen molar-refractivity contribution < 1.29 is 23.4 Å². The average molecular weight is 546 g/mol. The molecule has 0 amide bonds. The monoisotopic (exact) mass is 545 g/mol. The zero-order chi connectivity index (χ0) is 27.4. The van der Waals surface area contributed by atoms with E-state index in [1.165, 1.54) is 10.9 Å². The lowest BCUT2D eigenvalue weighted by atomic mass is 10.2. The number of rotatable bonds is 9. The largest absolute Gasteiger partial charge is 0.490 e. The van der Waals surface area contributed by atoms with Crippen molar-refractivity contribution in [3.05, 3.63) is 87.7 Å². The van der Waals surface area contributed by atoms with Crippen LogP contribution in [0, 0.1) is 0 Å². The van der Waals surface area contributed by atoms with Gasteiger partial charge >= 0.3 is 5.97 Å². The highest BCUT2D eigenvalue weighted by Gasteiger charge is 2.17. The summed E-state index contributed by atoms with van der Waals surface area (Å²) >= 11 is 6.14. The highest BCUT2D eigenvalue weighted by Crippen LogP contribution is 2.30. The van der Waals surface area contributed by atoms with E-state index in [9.17, 15) is 9.59 Å². The summed E-state index contributed by atoms with van der Waals surface area (Å²) in [5.74, 6) is 0.929. The molecule has 5 rings (SSSR count). The Morgan fingerprint density at radius 2 is 1.87 bits per heavy atom. The van der Waals surface area contributed by atoms with Crippen LogP contribution < -0.4 is 15.0 Å². The van der Waals surface area contributed by atoms with Crippen LogP contribution in [0.3, 0.4) is 0 Å². The van der Waals surface area contributed by atoms with Crippen LogP contribution in [0.25, 0.3) is 33.5 Å². The van der Waals surface area contributed by atoms with Crippen molar-refractivity contribution in [2.45, 2.75) is 13.8 Å². The molecule has 0 saturated heterocycles. The molecule has 9 nitrogen and oxygen atoms in total. The van der Waals surface area contributed by atoms with Crippen LogP contribution in [0.5, 0.6) is 11.5 Å². The van der Waals surface area contributed by atoms with Gasteiger partial charge in [-0.2, -0.15) is 9.78 Å². The summed E-state index contributed by atoms with van der Waals surface area (Å²) in [5.41, 5.74) is 1.39. The molecule has 0 saturated carbocycles. The number of fused-ring (bicyclic) bond motifs is 2. The molecule has 39 heavy (non-hydrogen) atoms. The molecule has 5 aromatic rings. The second kappa shape index (κ2) is 11.4. The number of benzene rings is 3. The Kier molecular flexibility index (Phi) is 7.60. The second-order valence-corrected chi connectivity index (χ2v) is 8.78. The molecule has 0 aliphatic rings. The highest BCUT2D eigenvalue weighted by atomic mass is 35.5. The Hall–Kier alpha value is -4.63. The van der Waals surface area contributed by atoms with E-state index in [2.05, 4.69) is 10.1 Å². The number of halogens is 1. The SMILES string of the molecule is CCOC(=O)COc1ccc(C=Nn2c(-c3cc4cc(Cl)ccc4o3)nc3ccccc3c2=O)cc1OCC. The molecular formula is C29H24ClN3O6. The number of aromatic nitrogens is 2. The fourth-order valence-electron chi connectivity index (χ4n) is 3.97. The van der Waals surface area contributed by atoms with Gasteiger partial charge < -0.3 is 18.6 Å². The molecule has 0 atom stereocenters. The second-order valence-electron chi connectivity index (χ2n) is 8.34. The number of carbonyl (C=O) groups excluding carboxylic acids is 1. The van der Waals surface area contributed by atoms with Crippen molar-refractivity contribution in [2.75, 3.05) is 19.8 Å². The third kappa shape index (κ3) is 5.63. The van der Waals surface area contributed by atoms with Gasteiger partial charge in [-0.1, -0.05) is 23.7 Å². The minimum Gasteiger partial charge on any atom is -0.490 e. The topological polar surface area (TPSA) is 105 Å². The molecule has 0 N–H and O–H groups in total. The maximum atomic E-state index is 13.5. The smallest absolute Gasteiger partial charge is 0.344 e. The van der Waals surface area contributed by atoms with Gasteiger partial charge in [-0.15, -0.1) is 0 Å². The van der Waals surface area contributed by atoms with Gasteiger partial charge in [0.05, 0.1) is 30.3 Å². The number of esters is 1. The zero-order valence-electron chi connectivity index (χ0n) is 21.2. The molecule has 0 bridgehead atoms. The molecule has 3 aromatic carbocycles. The molecule has 0 unspecified atom stereocenters. The van der Waals surface area contributed by atoms with E-state index in [-0.39, 0.29) is 24.6 Å². The Labute approximate surface area is 228 Å². The molecule has 0 aliphatic carbocycles. The van der Waals surface area contributed by atoms with Crippen LogP contribution in [-0.4, -0.2) is 41.7 Å². The van der Waals surface area contributed by atoms with Gasteiger partial charge in [0.1, 0.15) is 5.58 Å². The Bertz CT molecular complexity index is 1760. The number of carbonyl (C=O) groups is 1. The van der Waals surface area contributed by atoms with Crippen molar-refractivity contribution in [1.29, 1.82) is 0 Å². The number of hydrogen-bond donors (Lipinski definition) is 0. The van der Waals surface area contributed by atoms with E-state index in [1.54, 1.807) is 67.6 Å². The van der Waals surface area contributed by atoms with Crippen molar-refractivity contribution in [1.82, 2.24) is 9.66 Å². The van der Waals surface area contributed by atoms with Crippen LogP contribution in [0.4, 0.5) is 0 Å². The Morgan fingerprint density at radius 3 is 2.69 bits per heavy atom. The van der Waals surface area contributed by atoms with E-state index in [0.717, 1.165) is 5.39 Å². The van der Waals surface area contributed by atoms with E-state index >= 15 is 0 Å². The summed E-state index contributed by atoms with van der Waals surface area (Å²) in [6.07, 6.45) is 1.51. The quantitative estimate of drug-likeness (QED) is 0.173. The minimum atomic E-state index is -0.478. The summed E-state index contributed by atoms with van der Waals surface area (Å²) in [7, 11) is 0. The van der Waals surface area contributed by atoms with Crippen molar-refractivity contribution in [2.24, 2.45) is 5.10 Å². The minimum absolute atomic E-state index is 0.238. The molecule has 2 heterocycles. The van der Waals surface area contributed by atoms with Gasteiger partial charge in [0.15, 0.2) is 23.9 Å². The van der Waals surface area contributed by atoms with Crippen LogP contribution in [0.1, 0.15) is 19.4 Å². The fourth-order valence-corrected chi connectivity index (χ4v) is 4.15. The van der Waals surface area contributed by atoms with Gasteiger partial charge in [-0.05, 0) is 74.0 Å². The van der Waals surface area contributed by atoms with Gasteiger partial charge in [-0.25, -0.2) is 9.78 Å². The first-order valence-corrected chi connectivity index (χ1v) is 12.7. The molecular weight excluding hydrogens is 522 g/mol. The molecule has 2 aromatic heterocycles. The lowest BCUT2D eigenvalue weighted by molar-refractivity contribution is -0.145. The normalized spacial score (nSPS) is 11.4. The molecule has 0 fully saturated rings. The summed E-state index contributed by atoms with van der Waals surface area (Å²) in [6.45, 7) is 3.96. The van der Waals surface area contributed by atoms with Crippen molar-refractivity contribution in [3.63, 3.8) is 0 Å². The molecule has 198 valence electrons. The third-order valence-corrected chi connectivity index (χ3v) is 5.93. The van der Waals surface area contributed by atoms with Gasteiger partial charge in [-0.3, -0.25) is 4.79 Å². The molecule has 0 spiro atoms. The van der Waals surface area contributed by atoms with Crippen molar-refractivity contribution >= 4 is 45.7 Å². The lowest BCUT2D eigenvalue weighted by Gasteiger charge is -2.12. The highest BCUT2D eigenvalue weighted by molar-refractivity contribution is 6.31. The van der Waals surface area contributed by atoms with E-state index in [4.69, 9.17) is 30.2 Å².